The van der Waals surface area contributed by atoms with E-state index in [0.29, 0.717) is 81.2 Å². The van der Waals surface area contributed by atoms with Gasteiger partial charge in [-0.1, -0.05) is 377 Å². The Morgan fingerprint density at radius 1 is 0.386 bits per heavy atom. The lowest BCUT2D eigenvalue weighted by Gasteiger charge is -2.39. The van der Waals surface area contributed by atoms with Gasteiger partial charge in [0.25, 0.3) is 5.97 Å². The molecule has 26 heteroatoms. The van der Waals surface area contributed by atoms with E-state index in [4.69, 9.17) is 132 Å². The van der Waals surface area contributed by atoms with Gasteiger partial charge in [0.15, 0.2) is 0 Å². The number of carboxylic acid groups (broad SMARTS) is 2. The van der Waals surface area contributed by atoms with Crippen molar-refractivity contribution in [3.63, 3.8) is 0 Å². The highest BCUT2D eigenvalue weighted by Gasteiger charge is 2.51. The van der Waals surface area contributed by atoms with Crippen LogP contribution in [-0.2, 0) is 26.2 Å². The summed E-state index contributed by atoms with van der Waals surface area (Å²) in [4.78, 5) is 32.1. The number of carbonyl (C=O) groups is 2. The summed E-state index contributed by atoms with van der Waals surface area (Å²) in [5.41, 5.74) is 22.5. The monoisotopic (exact) mass is 2190 g/mol. The van der Waals surface area contributed by atoms with E-state index >= 15 is 0 Å². The number of anilines is 1. The van der Waals surface area contributed by atoms with E-state index in [1.807, 2.05) is 194 Å². The fraction of sp³-hybridized carbons (Fsp3) is 0.0263. The molecule has 140 heavy (non-hydrogen) atoms. The van der Waals surface area contributed by atoms with Gasteiger partial charge < -0.3 is 44.8 Å². The van der Waals surface area contributed by atoms with Gasteiger partial charge in [0, 0.05) is 79.7 Å². The summed E-state index contributed by atoms with van der Waals surface area (Å²) < 4.78 is 57.3. The second-order valence-corrected chi connectivity index (χ2v) is 36.1. The highest BCUT2D eigenvalue weighted by Crippen LogP contribution is 2.62. The minimum Gasteiger partial charge on any atom is -0.508 e. The number of aliphatic hydroxyl groups is 1. The lowest BCUT2D eigenvalue weighted by Crippen LogP contribution is -2.33. The van der Waals surface area contributed by atoms with Gasteiger partial charge in [0.1, 0.15) is 62.6 Å². The van der Waals surface area contributed by atoms with Crippen LogP contribution >= 0.6 is 121 Å². The molecule has 1 aromatic heterocycles. The van der Waals surface area contributed by atoms with Gasteiger partial charge in [-0.2, -0.15) is 8.42 Å². The molecule has 3 aliphatic rings. The molecular formula is C114H84BrCl7INO15S. The third-order valence-electron chi connectivity index (χ3n) is 21.3. The molecule has 1 atom stereocenters. The number of halogens is 9. The number of nitrogen functional groups attached to an aromatic ring is 1. The molecule has 19 aromatic rings. The molecule has 0 bridgehead atoms. The number of aromatic hydroxyl groups is 1. The first kappa shape index (κ1) is 105. The first-order chi connectivity index (χ1) is 67.0. The predicted molar refractivity (Wildman–Crippen MR) is 579 cm³/mol. The second-order valence-electron chi connectivity index (χ2n) is 30.6. The fourth-order valence-electron chi connectivity index (χ4n) is 15.5. The molecule has 18 aromatic carbocycles. The summed E-state index contributed by atoms with van der Waals surface area (Å²) in [6, 6.07) is 139. The molecule has 3 heterocycles. The molecule has 16 nitrogen and oxygen atoms in total. The van der Waals surface area contributed by atoms with Gasteiger partial charge >= 0.3 is 16.4 Å². The summed E-state index contributed by atoms with van der Waals surface area (Å²) in [5, 5.41) is 42.3. The minimum atomic E-state index is -4.67. The Morgan fingerprint density at radius 3 is 1.33 bits per heavy atom. The van der Waals surface area contributed by atoms with Crippen molar-refractivity contribution in [1.29, 1.82) is 0 Å². The number of para-hydroxylation sites is 4. The number of phenols is 1. The van der Waals surface area contributed by atoms with E-state index in [9.17, 15) is 14.7 Å². The Morgan fingerprint density at radius 2 is 0.786 bits per heavy atom. The van der Waals surface area contributed by atoms with Crippen LogP contribution in [0.5, 0.6) is 40.2 Å². The highest BCUT2D eigenvalue weighted by atomic mass is 127. The molecule has 1 aliphatic carbocycles. The predicted octanol–water partition coefficient (Wildman–Crippen LogP) is 32.5. The van der Waals surface area contributed by atoms with Crippen molar-refractivity contribution in [1.82, 2.24) is 0 Å². The summed E-state index contributed by atoms with van der Waals surface area (Å²) in [6.45, 7) is 1.08. The number of benzene rings is 18. The average molecular weight is 2190 g/mol. The molecule has 0 fully saturated rings. The largest absolute Gasteiger partial charge is 0.508 e. The number of hydrogen-bond acceptors (Lipinski definition) is 12. The first-order valence-corrected chi connectivity index (χ1v) is 48.0. The number of carboxylic acids is 2. The number of ether oxygens (including phenoxy) is 3. The molecule has 0 radical (unpaired) electrons. The van der Waals surface area contributed by atoms with E-state index in [1.165, 1.54) is 62.2 Å². The number of hydrogen-bond donors (Lipinski definition) is 7. The number of aliphatic carboxylic acids is 1. The number of fused-ring (bicyclic) bond motifs is 13. The van der Waals surface area contributed by atoms with Gasteiger partial charge in [-0.15, -0.1) is 12.4 Å². The quantitative estimate of drug-likeness (QED) is 0.0338. The van der Waals surface area contributed by atoms with Gasteiger partial charge in [0.2, 0.25) is 5.43 Å². The van der Waals surface area contributed by atoms with E-state index in [2.05, 4.69) is 166 Å². The molecule has 704 valence electrons. The Kier molecular flexibility index (Phi) is 37.5. The molecule has 8 N–H and O–H groups in total. The van der Waals surface area contributed by atoms with Crippen molar-refractivity contribution >= 4 is 170 Å². The molecule has 2 aliphatic heterocycles. The van der Waals surface area contributed by atoms with Crippen molar-refractivity contribution in [3.8, 4) is 84.8 Å². The van der Waals surface area contributed by atoms with Crippen LogP contribution in [0.25, 0.3) is 66.4 Å². The van der Waals surface area contributed by atoms with Crippen molar-refractivity contribution in [3.05, 3.63) is 530 Å². The van der Waals surface area contributed by atoms with Crippen LogP contribution in [0.3, 0.4) is 0 Å². The van der Waals surface area contributed by atoms with Crippen LogP contribution < -0.4 is 25.4 Å². The van der Waals surface area contributed by atoms with E-state index < -0.39 is 27.9 Å². The third-order valence-corrected chi connectivity index (χ3v) is 24.8. The number of phenolic OH excluding ortho intramolecular Hbond substituents is 1. The Balaban J connectivity index is 0.000000146. The zero-order valence-electron chi connectivity index (χ0n) is 73.8. The number of nitrogens with two attached hydrogens (primary N) is 1. The zero-order chi connectivity index (χ0) is 98.8. The SMILES string of the molecule is Brc1ccccc1-c1ccccc1.CC(=O)O.Cl.Clc1ccc2c(c1)Oc1ccccc1C21c2ccccc2-c2ccccc21.Clc1ccccc1I.Nc1ccc(-c2ccccc2)cc1.O=C(O)c1ccccc1Oc1cccc(Cl)c1.O=S(=O)(O)O.O=c1c2ccccc2oc2cc(Cl)ccc12.OC1(c2ccccc2-c2ccccc2)c2ccccc2Oc2cc(Cl)ccc21.Oc1cccc(Cl)c1. The average Bonchev–Trinajstić information content (AvgIpc) is 1.51. The van der Waals surface area contributed by atoms with Crippen molar-refractivity contribution in [2.24, 2.45) is 0 Å². The summed E-state index contributed by atoms with van der Waals surface area (Å²) in [5.74, 6) is 2.05. The standard InChI is InChI=1S/C25H17ClO2.C25H15ClO.C13H9ClO3.C13H7ClO2.C12H9Br.C12H11N.C6H4ClI.C6H5ClO.C2H4O2.ClH.H2O4S/c26-18-14-15-22-24(16-18)28-23-13-7-6-12-21(23)25(22,27)20-11-5-4-10-19(20)17-8-2-1-3-9-17;26-16-13-14-22-24(15-16)27-23-12-6-5-11-21(23)25(22)19-9-3-1-7-17(19)18-8-2-4-10-20(18)25;14-9-4-3-5-10(8-9)17-12-7-2-1-6-11(12)13(15)16;14-8-5-6-10-12(7-8)16-11-4-2-1-3-9(11)13(10)15;13-12-9-5-4-8-11(12)10-6-2-1-3-7-10;13-12-8-6-11(7-9-12)10-4-2-1-3-5-10;7-5-3-1-2-4-6(5)8;7-5-2-1-3-6(8)4-5;1-2(3)4;;1-5(2,3)4/h1-16,27H;1-15H;1-8H,(H,15,16);1-7H;1-9H;1-9H,13H2;1-4H;1-4,8H;1H3,(H,3,4);1H;(H2,1,2,3,4). The maximum Gasteiger partial charge on any atom is 0.394 e. The molecular weight excluding hydrogens is 2110 g/mol. The molecule has 22 rings (SSSR count). The molecule has 0 saturated heterocycles. The van der Waals surface area contributed by atoms with Gasteiger partial charge in [-0.05, 0) is 218 Å². The lowest BCUT2D eigenvalue weighted by atomic mass is 9.66. The summed E-state index contributed by atoms with van der Waals surface area (Å²) >= 11 is 41.1. The molecule has 1 spiro atoms. The van der Waals surface area contributed by atoms with E-state index in [1.54, 1.807) is 103 Å². The van der Waals surface area contributed by atoms with Crippen LogP contribution in [0, 0.1) is 3.57 Å². The molecule has 0 saturated carbocycles. The van der Waals surface area contributed by atoms with Crippen LogP contribution in [0.4, 0.5) is 5.69 Å². The maximum absolute atomic E-state index is 12.3. The summed E-state index contributed by atoms with van der Waals surface area (Å²) in [7, 11) is -4.67. The van der Waals surface area contributed by atoms with E-state index in [0.717, 1.165) is 59.4 Å². The Bertz CT molecular complexity index is 7620. The lowest BCUT2D eigenvalue weighted by molar-refractivity contribution is -0.134. The Labute approximate surface area is 866 Å². The number of rotatable bonds is 7. The van der Waals surface area contributed by atoms with Crippen LogP contribution in [-0.4, -0.2) is 49.9 Å². The van der Waals surface area contributed by atoms with E-state index in [-0.39, 0.29) is 34.6 Å². The van der Waals surface area contributed by atoms with Crippen LogP contribution in [0.1, 0.15) is 56.2 Å². The van der Waals surface area contributed by atoms with Crippen molar-refractivity contribution in [2.45, 2.75) is 17.9 Å². The summed E-state index contributed by atoms with van der Waals surface area (Å²) in [6.07, 6.45) is 0. The van der Waals surface area contributed by atoms with Gasteiger partial charge in [0.05, 0.1) is 21.2 Å². The first-order valence-electron chi connectivity index (χ1n) is 42.5. The van der Waals surface area contributed by atoms with Crippen molar-refractivity contribution in [2.75, 3.05) is 5.73 Å². The van der Waals surface area contributed by atoms with Gasteiger partial charge in [-0.3, -0.25) is 18.7 Å². The topological polar surface area (TPSA) is 274 Å². The third kappa shape index (κ3) is 27.1. The Hall–Kier alpha value is -13.6. The van der Waals surface area contributed by atoms with Crippen LogP contribution in [0.2, 0.25) is 30.1 Å². The zero-order valence-corrected chi connectivity index (χ0v) is 83.8. The minimum absolute atomic E-state index is 0. The normalized spacial score (nSPS) is 12.3. The van der Waals surface area contributed by atoms with Crippen molar-refractivity contribution < 1.29 is 66.2 Å². The van der Waals surface area contributed by atoms with Gasteiger partial charge in [-0.25, -0.2) is 4.79 Å². The highest BCUT2D eigenvalue weighted by molar-refractivity contribution is 14.1. The molecule has 0 amide bonds. The fourth-order valence-corrected chi connectivity index (χ4v) is 17.4. The van der Waals surface area contributed by atoms with Crippen LogP contribution in [0.15, 0.2) is 450 Å². The second kappa shape index (κ2) is 49.8. The maximum atomic E-state index is 12.3. The number of aromatic carboxylic acids is 1. The smallest absolute Gasteiger partial charge is 0.394 e. The molecule has 1 unspecified atom stereocenters.